The normalized spacial score (nSPS) is 14.5. The molecule has 0 aromatic heterocycles. The van der Waals surface area contributed by atoms with Crippen LogP contribution in [0.1, 0.15) is 84.6 Å². The molecule has 1 fully saturated rings. The first-order valence-corrected chi connectivity index (χ1v) is 10.1. The summed E-state index contributed by atoms with van der Waals surface area (Å²) in [6, 6.07) is 11.7. The van der Waals surface area contributed by atoms with Gasteiger partial charge >= 0.3 is 5.97 Å². The van der Waals surface area contributed by atoms with Crippen LogP contribution in [0.3, 0.4) is 0 Å². The van der Waals surface area contributed by atoms with E-state index in [2.05, 4.69) is 50.8 Å². The van der Waals surface area contributed by atoms with E-state index in [9.17, 15) is 9.90 Å². The summed E-state index contributed by atoms with van der Waals surface area (Å²) in [5, 5.41) is 9.27. The number of hydrogen-bond acceptors (Lipinski definition) is 2. The second kappa shape index (κ2) is 8.20. The molecule has 1 N–H and O–H groups in total. The van der Waals surface area contributed by atoms with Gasteiger partial charge in [-0.2, -0.15) is 0 Å². The molecule has 2 aromatic rings. The molecular weight excluding hydrogens is 348 g/mol. The van der Waals surface area contributed by atoms with Crippen LogP contribution in [0.5, 0.6) is 0 Å². The Morgan fingerprint density at radius 3 is 2.29 bits per heavy atom. The Morgan fingerprint density at radius 1 is 1.11 bits per heavy atom. The van der Waals surface area contributed by atoms with Crippen LogP contribution < -0.4 is 0 Å². The molecule has 1 aliphatic carbocycles. The van der Waals surface area contributed by atoms with Crippen molar-refractivity contribution in [1.82, 2.24) is 0 Å². The summed E-state index contributed by atoms with van der Waals surface area (Å²) in [6.45, 7) is 9.14. The van der Waals surface area contributed by atoms with Crippen LogP contribution in [-0.2, 0) is 16.8 Å². The third-order valence-corrected chi connectivity index (χ3v) is 5.36. The topological polar surface area (TPSA) is 46.5 Å². The molecule has 0 bridgehead atoms. The van der Waals surface area contributed by atoms with Crippen LogP contribution in [0.4, 0.5) is 0 Å². The first-order chi connectivity index (χ1) is 13.4. The third kappa shape index (κ3) is 4.13. The summed E-state index contributed by atoms with van der Waals surface area (Å²) in [5.41, 5.74) is 5.48. The molecule has 0 atom stereocenters. The molecule has 0 amide bonds. The van der Waals surface area contributed by atoms with Crippen LogP contribution in [0.2, 0.25) is 0 Å². The van der Waals surface area contributed by atoms with E-state index >= 15 is 0 Å². The van der Waals surface area contributed by atoms with Gasteiger partial charge < -0.3 is 9.84 Å². The van der Waals surface area contributed by atoms with Gasteiger partial charge in [0.15, 0.2) is 0 Å². The van der Waals surface area contributed by atoms with Gasteiger partial charge in [0.25, 0.3) is 0 Å². The molecule has 3 heteroatoms. The second-order valence-corrected chi connectivity index (χ2v) is 7.66. The smallest absolute Gasteiger partial charge is 0.335 e. The van der Waals surface area contributed by atoms with Crippen LogP contribution in [0.25, 0.3) is 0 Å². The van der Waals surface area contributed by atoms with Gasteiger partial charge in [0, 0.05) is 17.7 Å². The molecule has 1 aliphatic rings. The average molecular weight is 376 g/mol. The van der Waals surface area contributed by atoms with E-state index in [1.807, 2.05) is 13.0 Å². The van der Waals surface area contributed by atoms with E-state index in [-0.39, 0.29) is 5.60 Å². The van der Waals surface area contributed by atoms with Crippen molar-refractivity contribution < 1.29 is 14.6 Å². The maximum absolute atomic E-state index is 11.3. The lowest BCUT2D eigenvalue weighted by molar-refractivity contribution is 0.0387. The molecule has 0 radical (unpaired) electrons. The van der Waals surface area contributed by atoms with Gasteiger partial charge in [-0.1, -0.05) is 38.7 Å². The Balaban J connectivity index is 1.92. The maximum Gasteiger partial charge on any atom is 0.335 e. The summed E-state index contributed by atoms with van der Waals surface area (Å²) >= 11 is 0. The number of hydrogen-bond donors (Lipinski definition) is 1. The number of ether oxygens (including phenoxy) is 1. The largest absolute Gasteiger partial charge is 0.478 e. The Hall–Kier alpha value is -2.57. The predicted octanol–water partition coefficient (Wildman–Crippen LogP) is 5.50. The summed E-state index contributed by atoms with van der Waals surface area (Å²) in [7, 11) is 0. The van der Waals surface area contributed by atoms with Crippen molar-refractivity contribution in [2.45, 2.75) is 58.5 Å². The molecule has 3 rings (SSSR count). The zero-order chi connectivity index (χ0) is 20.3. The summed E-state index contributed by atoms with van der Waals surface area (Å²) in [4.78, 5) is 11.3. The lowest BCUT2D eigenvalue weighted by Gasteiger charge is -2.22. The van der Waals surface area contributed by atoms with Crippen molar-refractivity contribution in [3.8, 4) is 11.8 Å². The van der Waals surface area contributed by atoms with Crippen LogP contribution in [-0.4, -0.2) is 17.7 Å². The highest BCUT2D eigenvalue weighted by Crippen LogP contribution is 2.51. The molecule has 0 heterocycles. The number of aromatic carboxylic acids is 1. The fraction of sp³-hybridized carbons (Fsp3) is 0.400. The highest BCUT2D eigenvalue weighted by Gasteiger charge is 2.46. The van der Waals surface area contributed by atoms with Gasteiger partial charge in [-0.25, -0.2) is 4.79 Å². The fourth-order valence-electron chi connectivity index (χ4n) is 3.73. The molecule has 0 aliphatic heterocycles. The van der Waals surface area contributed by atoms with Crippen LogP contribution in [0.15, 0.2) is 36.4 Å². The number of carboxylic acids is 1. The number of benzene rings is 2. The van der Waals surface area contributed by atoms with Gasteiger partial charge in [-0.15, -0.1) is 0 Å². The quantitative estimate of drug-likeness (QED) is 0.678. The highest BCUT2D eigenvalue weighted by atomic mass is 16.5. The minimum atomic E-state index is -0.892. The van der Waals surface area contributed by atoms with E-state index in [4.69, 9.17) is 4.74 Å². The molecule has 0 saturated heterocycles. The first kappa shape index (κ1) is 20.2. The van der Waals surface area contributed by atoms with E-state index in [0.717, 1.165) is 36.1 Å². The Labute approximate surface area is 167 Å². The fourth-order valence-corrected chi connectivity index (χ4v) is 3.73. The number of aryl methyl sites for hydroxylation is 1. The molecule has 1 saturated carbocycles. The van der Waals surface area contributed by atoms with Crippen molar-refractivity contribution in [3.05, 3.63) is 69.8 Å². The monoisotopic (exact) mass is 376 g/mol. The minimum absolute atomic E-state index is 0.0942. The SMILES string of the molecule is CCOC1(c2ccc(C#Cc3ccc(C(=O)O)c(CC)c3)cc2C(C)C)CC1. The first-order valence-electron chi connectivity index (χ1n) is 10.1. The van der Waals surface area contributed by atoms with Gasteiger partial charge in [-0.3, -0.25) is 0 Å². The molecule has 28 heavy (non-hydrogen) atoms. The number of rotatable bonds is 6. The van der Waals surface area contributed by atoms with Gasteiger partial charge in [-0.05, 0) is 79.1 Å². The summed E-state index contributed by atoms with van der Waals surface area (Å²) < 4.78 is 6.06. The Morgan fingerprint density at radius 2 is 1.75 bits per heavy atom. The molecular formula is C25H28O3. The summed E-state index contributed by atoms with van der Waals surface area (Å²) in [5.74, 6) is 5.95. The number of carbonyl (C=O) groups is 1. The molecule has 0 unspecified atom stereocenters. The predicted molar refractivity (Wildman–Crippen MR) is 112 cm³/mol. The lowest BCUT2D eigenvalue weighted by Crippen LogP contribution is -2.15. The molecule has 0 spiro atoms. The minimum Gasteiger partial charge on any atom is -0.478 e. The van der Waals surface area contributed by atoms with Crippen molar-refractivity contribution in [1.29, 1.82) is 0 Å². The van der Waals surface area contributed by atoms with Gasteiger partial charge in [0.2, 0.25) is 0 Å². The highest BCUT2D eigenvalue weighted by molar-refractivity contribution is 5.89. The van der Waals surface area contributed by atoms with E-state index < -0.39 is 5.97 Å². The van der Waals surface area contributed by atoms with Crippen molar-refractivity contribution >= 4 is 5.97 Å². The Bertz CT molecular complexity index is 940. The standard InChI is InChI=1S/C25H28O3/c1-5-20-15-18(9-11-21(20)24(26)27)7-8-19-10-12-23(22(16-19)17(3)4)25(13-14-25)28-6-2/h9-12,15-17H,5-6,13-14H2,1-4H3,(H,26,27). The van der Waals surface area contributed by atoms with Gasteiger partial charge in [0.1, 0.15) is 0 Å². The second-order valence-electron chi connectivity index (χ2n) is 7.66. The van der Waals surface area contributed by atoms with Crippen molar-refractivity contribution in [3.63, 3.8) is 0 Å². The van der Waals surface area contributed by atoms with E-state index in [0.29, 0.717) is 17.9 Å². The maximum atomic E-state index is 11.3. The van der Waals surface area contributed by atoms with Gasteiger partial charge in [0.05, 0.1) is 11.2 Å². The third-order valence-electron chi connectivity index (χ3n) is 5.36. The van der Waals surface area contributed by atoms with Crippen LogP contribution in [0, 0.1) is 11.8 Å². The van der Waals surface area contributed by atoms with E-state index in [1.165, 1.54) is 11.1 Å². The molecule has 3 nitrogen and oxygen atoms in total. The average Bonchev–Trinajstić information content (AvgIpc) is 3.46. The molecule has 2 aromatic carbocycles. The van der Waals surface area contributed by atoms with Crippen LogP contribution >= 0.6 is 0 Å². The zero-order valence-electron chi connectivity index (χ0n) is 17.1. The number of carboxylic acid groups (broad SMARTS) is 1. The molecule has 146 valence electrons. The summed E-state index contributed by atoms with van der Waals surface area (Å²) in [6.07, 6.45) is 2.84. The van der Waals surface area contributed by atoms with E-state index in [1.54, 1.807) is 12.1 Å². The zero-order valence-corrected chi connectivity index (χ0v) is 17.1. The lowest BCUT2D eigenvalue weighted by atomic mass is 9.91. The van der Waals surface area contributed by atoms with Crippen molar-refractivity contribution in [2.24, 2.45) is 0 Å². The Kier molecular flexibility index (Phi) is 5.91. The van der Waals surface area contributed by atoms with Crippen molar-refractivity contribution in [2.75, 3.05) is 6.61 Å².